The highest BCUT2D eigenvalue weighted by Gasteiger charge is 2.12. The lowest BCUT2D eigenvalue weighted by Crippen LogP contribution is -2.33. The number of halogens is 1. The van der Waals surface area contributed by atoms with Gasteiger partial charge in [-0.15, -0.1) is 12.4 Å². The van der Waals surface area contributed by atoms with Gasteiger partial charge in [-0.3, -0.25) is 4.79 Å². The molecule has 0 heterocycles. The molecule has 1 atom stereocenters. The van der Waals surface area contributed by atoms with E-state index in [0.29, 0.717) is 31.4 Å². The SMILES string of the molecule is CNCC(C)C(=O)NCc1ccc(OCCC(C)C)c(OC)c1.Cl. The molecule has 5 nitrogen and oxygen atoms in total. The maximum absolute atomic E-state index is 11.9. The molecule has 24 heavy (non-hydrogen) atoms. The average molecular weight is 359 g/mol. The molecule has 138 valence electrons. The first-order chi connectivity index (χ1) is 11.0. The van der Waals surface area contributed by atoms with Gasteiger partial charge in [-0.05, 0) is 37.1 Å². The third kappa shape index (κ3) is 7.88. The van der Waals surface area contributed by atoms with Crippen molar-refractivity contribution in [2.75, 3.05) is 27.3 Å². The molecule has 6 heteroatoms. The third-order valence-electron chi connectivity index (χ3n) is 3.61. The van der Waals surface area contributed by atoms with Crippen LogP contribution in [0, 0.1) is 11.8 Å². The van der Waals surface area contributed by atoms with E-state index >= 15 is 0 Å². The summed E-state index contributed by atoms with van der Waals surface area (Å²) in [6, 6.07) is 5.77. The molecule has 0 radical (unpaired) electrons. The fourth-order valence-corrected chi connectivity index (χ4v) is 2.11. The molecular weight excluding hydrogens is 328 g/mol. The summed E-state index contributed by atoms with van der Waals surface area (Å²) >= 11 is 0. The summed E-state index contributed by atoms with van der Waals surface area (Å²) < 4.78 is 11.2. The Morgan fingerprint density at radius 3 is 2.50 bits per heavy atom. The Hall–Kier alpha value is -1.46. The zero-order valence-corrected chi connectivity index (χ0v) is 16.2. The summed E-state index contributed by atoms with van der Waals surface area (Å²) in [5.41, 5.74) is 0.989. The molecule has 0 aromatic heterocycles. The van der Waals surface area contributed by atoms with Gasteiger partial charge in [0.1, 0.15) is 0 Å². The van der Waals surface area contributed by atoms with Gasteiger partial charge in [-0.1, -0.05) is 26.8 Å². The van der Waals surface area contributed by atoms with Crippen molar-refractivity contribution < 1.29 is 14.3 Å². The van der Waals surface area contributed by atoms with Crippen molar-refractivity contribution >= 4 is 18.3 Å². The summed E-state index contributed by atoms with van der Waals surface area (Å²) in [6.45, 7) is 8.06. The van der Waals surface area contributed by atoms with Crippen molar-refractivity contribution in [1.82, 2.24) is 10.6 Å². The van der Waals surface area contributed by atoms with Gasteiger partial charge in [-0.25, -0.2) is 0 Å². The molecule has 0 bridgehead atoms. The number of carbonyl (C=O) groups is 1. The van der Waals surface area contributed by atoms with Crippen molar-refractivity contribution in [1.29, 1.82) is 0 Å². The second kappa shape index (κ2) is 12.0. The van der Waals surface area contributed by atoms with E-state index in [4.69, 9.17) is 9.47 Å². The molecule has 1 aromatic rings. The van der Waals surface area contributed by atoms with E-state index in [9.17, 15) is 4.79 Å². The Kier molecular flexibility index (Phi) is 11.3. The molecule has 0 fully saturated rings. The van der Waals surface area contributed by atoms with Crippen molar-refractivity contribution in [3.63, 3.8) is 0 Å². The van der Waals surface area contributed by atoms with E-state index in [1.807, 2.05) is 32.2 Å². The predicted molar refractivity (Wildman–Crippen MR) is 100 cm³/mol. The molecule has 0 saturated heterocycles. The summed E-state index contributed by atoms with van der Waals surface area (Å²) in [5, 5.41) is 5.94. The number of hydrogen-bond donors (Lipinski definition) is 2. The standard InChI is InChI=1S/C18H30N2O3.ClH/c1-13(2)8-9-23-16-7-6-15(10-17(16)22-5)12-20-18(21)14(3)11-19-4;/h6-7,10,13-14,19H,8-9,11-12H2,1-5H3,(H,20,21);1H. The highest BCUT2D eigenvalue weighted by atomic mass is 35.5. The molecule has 2 N–H and O–H groups in total. The van der Waals surface area contributed by atoms with Crippen molar-refractivity contribution in [2.45, 2.75) is 33.7 Å². The maximum Gasteiger partial charge on any atom is 0.224 e. The molecule has 1 rings (SSSR count). The summed E-state index contributed by atoms with van der Waals surface area (Å²) in [4.78, 5) is 11.9. The molecule has 1 amide bonds. The van der Waals surface area contributed by atoms with E-state index in [1.54, 1.807) is 7.11 Å². The largest absolute Gasteiger partial charge is 0.493 e. The summed E-state index contributed by atoms with van der Waals surface area (Å²) in [7, 11) is 3.47. The smallest absolute Gasteiger partial charge is 0.224 e. The number of ether oxygens (including phenoxy) is 2. The highest BCUT2D eigenvalue weighted by molar-refractivity contribution is 5.85. The molecule has 0 aliphatic carbocycles. The van der Waals surface area contributed by atoms with Gasteiger partial charge in [-0.2, -0.15) is 0 Å². The zero-order chi connectivity index (χ0) is 17.2. The zero-order valence-electron chi connectivity index (χ0n) is 15.3. The van der Waals surface area contributed by atoms with Crippen LogP contribution < -0.4 is 20.1 Å². The Bertz CT molecular complexity index is 495. The Balaban J connectivity index is 0.00000529. The fraction of sp³-hybridized carbons (Fsp3) is 0.611. The third-order valence-corrected chi connectivity index (χ3v) is 3.61. The van der Waals surface area contributed by atoms with E-state index in [2.05, 4.69) is 24.5 Å². The minimum absolute atomic E-state index is 0. The van der Waals surface area contributed by atoms with Crippen LogP contribution >= 0.6 is 12.4 Å². The monoisotopic (exact) mass is 358 g/mol. The molecular formula is C18H31ClN2O3. The Morgan fingerprint density at radius 2 is 1.92 bits per heavy atom. The number of methoxy groups -OCH3 is 1. The molecule has 0 saturated carbocycles. The van der Waals surface area contributed by atoms with Crippen LogP contribution in [0.25, 0.3) is 0 Å². The van der Waals surface area contributed by atoms with Crippen LogP contribution in [-0.2, 0) is 11.3 Å². The van der Waals surface area contributed by atoms with E-state index < -0.39 is 0 Å². The van der Waals surface area contributed by atoms with Crippen molar-refractivity contribution in [3.05, 3.63) is 23.8 Å². The predicted octanol–water partition coefficient (Wildman–Crippen LogP) is 3.01. The Labute approximate surface area is 151 Å². The lowest BCUT2D eigenvalue weighted by atomic mass is 10.1. The molecule has 1 aromatic carbocycles. The van der Waals surface area contributed by atoms with Gasteiger partial charge < -0.3 is 20.1 Å². The van der Waals surface area contributed by atoms with E-state index in [0.717, 1.165) is 17.7 Å². The second-order valence-electron chi connectivity index (χ2n) is 6.19. The summed E-state index contributed by atoms with van der Waals surface area (Å²) in [6.07, 6.45) is 1.00. The molecule has 0 aliphatic heterocycles. The van der Waals surface area contributed by atoms with Crippen LogP contribution in [0.3, 0.4) is 0 Å². The van der Waals surface area contributed by atoms with Gasteiger partial charge in [0.25, 0.3) is 0 Å². The normalized spacial score (nSPS) is 11.6. The minimum atomic E-state index is -0.0551. The maximum atomic E-state index is 11.9. The van der Waals surface area contributed by atoms with Gasteiger partial charge in [0, 0.05) is 19.0 Å². The van der Waals surface area contributed by atoms with Crippen LogP contribution in [0.4, 0.5) is 0 Å². The van der Waals surface area contributed by atoms with Crippen LogP contribution in [0.5, 0.6) is 11.5 Å². The van der Waals surface area contributed by atoms with E-state index in [-0.39, 0.29) is 24.2 Å². The first kappa shape index (κ1) is 22.5. The average Bonchev–Trinajstić information content (AvgIpc) is 2.53. The summed E-state index contributed by atoms with van der Waals surface area (Å²) in [5.74, 6) is 2.03. The molecule has 0 aliphatic rings. The van der Waals surface area contributed by atoms with Gasteiger partial charge in [0.2, 0.25) is 5.91 Å². The first-order valence-electron chi connectivity index (χ1n) is 8.20. The number of nitrogens with one attached hydrogen (secondary N) is 2. The highest BCUT2D eigenvalue weighted by Crippen LogP contribution is 2.28. The number of benzene rings is 1. The number of rotatable bonds is 10. The topological polar surface area (TPSA) is 59.6 Å². The van der Waals surface area contributed by atoms with Crippen LogP contribution in [-0.4, -0.2) is 33.2 Å². The first-order valence-corrected chi connectivity index (χ1v) is 8.20. The van der Waals surface area contributed by atoms with Crippen LogP contribution in [0.2, 0.25) is 0 Å². The quantitative estimate of drug-likeness (QED) is 0.675. The Morgan fingerprint density at radius 1 is 1.21 bits per heavy atom. The lowest BCUT2D eigenvalue weighted by Gasteiger charge is -2.14. The fourth-order valence-electron chi connectivity index (χ4n) is 2.11. The van der Waals surface area contributed by atoms with Gasteiger partial charge >= 0.3 is 0 Å². The second-order valence-corrected chi connectivity index (χ2v) is 6.19. The van der Waals surface area contributed by atoms with Gasteiger partial charge in [0.05, 0.1) is 13.7 Å². The lowest BCUT2D eigenvalue weighted by molar-refractivity contribution is -0.124. The van der Waals surface area contributed by atoms with Crippen molar-refractivity contribution in [3.8, 4) is 11.5 Å². The van der Waals surface area contributed by atoms with Crippen LogP contribution in [0.15, 0.2) is 18.2 Å². The van der Waals surface area contributed by atoms with E-state index in [1.165, 1.54) is 0 Å². The molecule has 0 spiro atoms. The number of carbonyl (C=O) groups excluding carboxylic acids is 1. The number of amides is 1. The number of hydrogen-bond acceptors (Lipinski definition) is 4. The van der Waals surface area contributed by atoms with Crippen LogP contribution in [0.1, 0.15) is 32.8 Å². The molecule has 1 unspecified atom stereocenters. The van der Waals surface area contributed by atoms with Gasteiger partial charge in [0.15, 0.2) is 11.5 Å². The minimum Gasteiger partial charge on any atom is -0.493 e. The van der Waals surface area contributed by atoms with Crippen molar-refractivity contribution in [2.24, 2.45) is 11.8 Å².